The van der Waals surface area contributed by atoms with Crippen LogP contribution in [0, 0.1) is 0 Å². The van der Waals surface area contributed by atoms with Gasteiger partial charge in [0.05, 0.1) is 29.2 Å². The van der Waals surface area contributed by atoms with Crippen LogP contribution in [-0.2, 0) is 11.2 Å². The van der Waals surface area contributed by atoms with Crippen LogP contribution in [0.2, 0.25) is 0 Å². The molecule has 0 spiro atoms. The second kappa shape index (κ2) is 6.88. The molecule has 3 heterocycles. The maximum Gasteiger partial charge on any atom is 0.227 e. The van der Waals surface area contributed by atoms with E-state index in [0.717, 1.165) is 47.5 Å². The van der Waals surface area contributed by atoms with Crippen LogP contribution in [0.3, 0.4) is 0 Å². The zero-order valence-corrected chi connectivity index (χ0v) is 15.2. The molecule has 2 aromatic carbocycles. The number of aromatic amines is 1. The van der Waals surface area contributed by atoms with Gasteiger partial charge in [-0.3, -0.25) is 4.79 Å². The van der Waals surface area contributed by atoms with E-state index in [4.69, 9.17) is 4.98 Å². The number of hydrogen-bond donors (Lipinski definition) is 1. The quantitative estimate of drug-likeness (QED) is 0.593. The van der Waals surface area contributed by atoms with Crippen LogP contribution in [0.25, 0.3) is 16.7 Å². The lowest BCUT2D eigenvalue weighted by molar-refractivity contribution is -0.131. The molecule has 1 fully saturated rings. The van der Waals surface area contributed by atoms with E-state index >= 15 is 0 Å². The van der Waals surface area contributed by atoms with Crippen molar-refractivity contribution < 1.29 is 4.79 Å². The second-order valence-corrected chi connectivity index (χ2v) is 6.98. The average Bonchev–Trinajstić information content (AvgIpc) is 3.48. The minimum Gasteiger partial charge on any atom is -0.340 e. The summed E-state index contributed by atoms with van der Waals surface area (Å²) in [7, 11) is 0. The molecular formula is C20H19N7O. The summed E-state index contributed by atoms with van der Waals surface area (Å²) in [6, 6.07) is 15.7. The van der Waals surface area contributed by atoms with Crippen LogP contribution < -0.4 is 0 Å². The van der Waals surface area contributed by atoms with E-state index in [9.17, 15) is 4.79 Å². The van der Waals surface area contributed by atoms with Crippen molar-refractivity contribution in [3.8, 4) is 5.69 Å². The Balaban J connectivity index is 1.32. The highest BCUT2D eigenvalue weighted by atomic mass is 16.2. The Bertz CT molecular complexity index is 1070. The van der Waals surface area contributed by atoms with Crippen molar-refractivity contribution in [2.75, 3.05) is 6.54 Å². The number of imidazole rings is 1. The van der Waals surface area contributed by atoms with E-state index in [1.807, 2.05) is 53.4 Å². The van der Waals surface area contributed by atoms with Gasteiger partial charge in [0.1, 0.15) is 12.2 Å². The van der Waals surface area contributed by atoms with Gasteiger partial charge < -0.3 is 9.88 Å². The van der Waals surface area contributed by atoms with Crippen molar-refractivity contribution in [2.24, 2.45) is 0 Å². The molecule has 1 atom stereocenters. The first-order valence-corrected chi connectivity index (χ1v) is 9.34. The van der Waals surface area contributed by atoms with Crippen molar-refractivity contribution in [1.82, 2.24) is 35.1 Å². The Labute approximate surface area is 161 Å². The number of hydrogen-bond acceptors (Lipinski definition) is 5. The third-order valence-corrected chi connectivity index (χ3v) is 5.20. The summed E-state index contributed by atoms with van der Waals surface area (Å²) in [5.74, 6) is 0.999. The van der Waals surface area contributed by atoms with Crippen LogP contribution >= 0.6 is 0 Å². The number of aromatic nitrogens is 6. The van der Waals surface area contributed by atoms with Gasteiger partial charge >= 0.3 is 0 Å². The van der Waals surface area contributed by atoms with E-state index in [1.54, 1.807) is 11.0 Å². The molecule has 0 saturated carbocycles. The summed E-state index contributed by atoms with van der Waals surface area (Å²) in [4.78, 5) is 23.0. The number of benzene rings is 2. The fraction of sp³-hybridized carbons (Fsp3) is 0.250. The Kier molecular flexibility index (Phi) is 4.08. The summed E-state index contributed by atoms with van der Waals surface area (Å²) in [6.45, 7) is 0.767. The third kappa shape index (κ3) is 3.02. The topological polar surface area (TPSA) is 92.6 Å². The lowest BCUT2D eigenvalue weighted by atomic mass is 10.1. The van der Waals surface area contributed by atoms with Gasteiger partial charge in [-0.25, -0.2) is 9.67 Å². The molecule has 1 aliphatic rings. The molecule has 2 aromatic heterocycles. The van der Waals surface area contributed by atoms with Crippen molar-refractivity contribution in [1.29, 1.82) is 0 Å². The van der Waals surface area contributed by atoms with Crippen molar-refractivity contribution in [3.63, 3.8) is 0 Å². The Hall–Kier alpha value is -3.55. The normalized spacial score (nSPS) is 16.7. The van der Waals surface area contributed by atoms with E-state index in [1.165, 1.54) is 0 Å². The minimum atomic E-state index is 0.0143. The standard InChI is InChI=1S/C20H19N7O/c28-19(12-14-7-9-15(10-8-14)27-13-21-24-25-27)26-11-3-6-18(26)20-22-16-4-1-2-5-17(16)23-20/h1-2,4-5,7-10,13,18H,3,6,11-12H2,(H,22,23). The molecule has 0 aliphatic carbocycles. The van der Waals surface area contributed by atoms with Gasteiger partial charge in [0.15, 0.2) is 0 Å². The first kappa shape index (κ1) is 16.6. The van der Waals surface area contributed by atoms with Crippen molar-refractivity contribution >= 4 is 16.9 Å². The zero-order chi connectivity index (χ0) is 18.9. The van der Waals surface area contributed by atoms with Crippen LogP contribution in [0.15, 0.2) is 54.9 Å². The number of amides is 1. The van der Waals surface area contributed by atoms with Crippen molar-refractivity contribution in [2.45, 2.75) is 25.3 Å². The first-order valence-electron chi connectivity index (χ1n) is 9.34. The molecule has 5 rings (SSSR count). The van der Waals surface area contributed by atoms with E-state index in [0.29, 0.717) is 6.42 Å². The predicted octanol–water partition coefficient (Wildman–Crippen LogP) is 2.44. The van der Waals surface area contributed by atoms with Gasteiger partial charge in [-0.1, -0.05) is 24.3 Å². The Morgan fingerprint density at radius 3 is 2.79 bits per heavy atom. The lowest BCUT2D eigenvalue weighted by Crippen LogP contribution is -2.32. The van der Waals surface area contributed by atoms with Crippen molar-refractivity contribution in [3.05, 3.63) is 66.2 Å². The second-order valence-electron chi connectivity index (χ2n) is 6.98. The van der Waals surface area contributed by atoms with Crippen LogP contribution in [0.4, 0.5) is 0 Å². The van der Waals surface area contributed by atoms with Gasteiger partial charge in [0.2, 0.25) is 5.91 Å². The van der Waals surface area contributed by atoms with Gasteiger partial charge in [-0.15, -0.1) is 5.10 Å². The molecule has 1 N–H and O–H groups in total. The number of carbonyl (C=O) groups excluding carboxylic acids is 1. The summed E-state index contributed by atoms with van der Waals surface area (Å²) in [5, 5.41) is 11.1. The SMILES string of the molecule is O=C(Cc1ccc(-n2cnnn2)cc1)N1CCCC1c1nc2ccccc2[nH]1. The van der Waals surface area contributed by atoms with Gasteiger partial charge in [0.25, 0.3) is 0 Å². The van der Waals surface area contributed by atoms with Gasteiger partial charge in [-0.05, 0) is 53.1 Å². The van der Waals surface area contributed by atoms with Gasteiger partial charge in [0, 0.05) is 6.54 Å². The molecular weight excluding hydrogens is 354 g/mol. The summed E-state index contributed by atoms with van der Waals surface area (Å²) in [6.07, 6.45) is 3.84. The van der Waals surface area contributed by atoms with E-state index in [-0.39, 0.29) is 11.9 Å². The fourth-order valence-corrected chi connectivity index (χ4v) is 3.80. The largest absolute Gasteiger partial charge is 0.340 e. The molecule has 8 nitrogen and oxygen atoms in total. The van der Waals surface area contributed by atoms with Crippen LogP contribution in [-0.4, -0.2) is 47.5 Å². The minimum absolute atomic E-state index is 0.0143. The highest BCUT2D eigenvalue weighted by Gasteiger charge is 2.31. The van der Waals surface area contributed by atoms with Crippen LogP contribution in [0.1, 0.15) is 30.3 Å². The predicted molar refractivity (Wildman–Crippen MR) is 103 cm³/mol. The molecule has 8 heteroatoms. The highest BCUT2D eigenvalue weighted by Crippen LogP contribution is 2.32. The number of fused-ring (bicyclic) bond motifs is 1. The molecule has 4 aromatic rings. The summed E-state index contributed by atoms with van der Waals surface area (Å²) in [5.41, 5.74) is 3.78. The number of likely N-dealkylation sites (tertiary alicyclic amines) is 1. The molecule has 0 bridgehead atoms. The first-order chi connectivity index (χ1) is 13.8. The third-order valence-electron chi connectivity index (χ3n) is 5.20. The number of rotatable bonds is 4. The maximum atomic E-state index is 13.0. The monoisotopic (exact) mass is 373 g/mol. The number of tetrazole rings is 1. The molecule has 140 valence electrons. The molecule has 1 unspecified atom stereocenters. The Morgan fingerprint density at radius 1 is 1.14 bits per heavy atom. The number of para-hydroxylation sites is 2. The molecule has 1 aliphatic heterocycles. The van der Waals surface area contributed by atoms with E-state index in [2.05, 4.69) is 20.5 Å². The molecule has 1 saturated heterocycles. The average molecular weight is 373 g/mol. The van der Waals surface area contributed by atoms with E-state index < -0.39 is 0 Å². The fourth-order valence-electron chi connectivity index (χ4n) is 3.80. The summed E-state index contributed by atoms with van der Waals surface area (Å²) >= 11 is 0. The number of H-pyrrole nitrogens is 1. The lowest BCUT2D eigenvalue weighted by Gasteiger charge is -2.23. The van der Waals surface area contributed by atoms with Gasteiger partial charge in [-0.2, -0.15) is 0 Å². The maximum absolute atomic E-state index is 13.0. The zero-order valence-electron chi connectivity index (χ0n) is 15.2. The molecule has 1 amide bonds. The van der Waals surface area contributed by atoms with Crippen LogP contribution in [0.5, 0.6) is 0 Å². The Morgan fingerprint density at radius 2 is 2.00 bits per heavy atom. The molecule has 28 heavy (non-hydrogen) atoms. The number of nitrogens with zero attached hydrogens (tertiary/aromatic N) is 6. The number of carbonyl (C=O) groups is 1. The smallest absolute Gasteiger partial charge is 0.227 e. The number of nitrogens with one attached hydrogen (secondary N) is 1. The summed E-state index contributed by atoms with van der Waals surface area (Å²) < 4.78 is 1.59. The highest BCUT2D eigenvalue weighted by molar-refractivity contribution is 5.80. The molecule has 0 radical (unpaired) electrons.